The molecule has 3 aromatic heterocycles. The van der Waals surface area contributed by atoms with Crippen molar-refractivity contribution in [2.24, 2.45) is 0 Å². The van der Waals surface area contributed by atoms with Crippen molar-refractivity contribution in [2.75, 3.05) is 0 Å². The van der Waals surface area contributed by atoms with Gasteiger partial charge in [-0.15, -0.1) is 0 Å². The van der Waals surface area contributed by atoms with Gasteiger partial charge in [-0.3, -0.25) is 9.97 Å². The normalized spacial score (nSPS) is 11.7. The maximum absolute atomic E-state index is 5.98. The van der Waals surface area contributed by atoms with E-state index in [1.54, 1.807) is 0 Å². The number of hydrogen-bond acceptors (Lipinski definition) is 3. The van der Waals surface area contributed by atoms with E-state index in [0.717, 1.165) is 54.9 Å². The Bertz CT molecular complexity index is 1480. The molecule has 0 saturated carbocycles. The minimum absolute atomic E-state index is 0.904. The molecule has 0 spiro atoms. The summed E-state index contributed by atoms with van der Waals surface area (Å²) in [5, 5.41) is 4.47. The zero-order chi connectivity index (χ0) is 17.8. The lowest BCUT2D eigenvalue weighted by atomic mass is 9.96. The molecular formula is C24H14N2O. The fourth-order valence-corrected chi connectivity index (χ4v) is 3.92. The smallest absolute Gasteiger partial charge is 0.135 e. The zero-order valence-corrected chi connectivity index (χ0v) is 14.4. The molecule has 6 aromatic rings. The van der Waals surface area contributed by atoms with Gasteiger partial charge in [0.05, 0.1) is 11.0 Å². The van der Waals surface area contributed by atoms with Crippen molar-refractivity contribution in [3.63, 3.8) is 0 Å². The molecule has 3 nitrogen and oxygen atoms in total. The molecule has 0 aliphatic heterocycles. The van der Waals surface area contributed by atoms with Crippen LogP contribution in [0.2, 0.25) is 0 Å². The van der Waals surface area contributed by atoms with E-state index in [4.69, 9.17) is 4.42 Å². The molecule has 0 fully saturated rings. The van der Waals surface area contributed by atoms with Gasteiger partial charge < -0.3 is 4.42 Å². The van der Waals surface area contributed by atoms with Gasteiger partial charge in [0.25, 0.3) is 0 Å². The molecule has 3 heteroatoms. The van der Waals surface area contributed by atoms with Crippen LogP contribution in [0.4, 0.5) is 0 Å². The number of furan rings is 1. The fourth-order valence-electron chi connectivity index (χ4n) is 3.92. The monoisotopic (exact) mass is 346 g/mol. The number of hydrogen-bond donors (Lipinski definition) is 0. The van der Waals surface area contributed by atoms with Crippen LogP contribution in [0.15, 0.2) is 89.6 Å². The molecule has 0 amide bonds. The van der Waals surface area contributed by atoms with E-state index in [1.807, 2.05) is 42.7 Å². The summed E-state index contributed by atoms with van der Waals surface area (Å²) < 4.78 is 5.98. The summed E-state index contributed by atoms with van der Waals surface area (Å²) in [6.45, 7) is 0. The van der Waals surface area contributed by atoms with Crippen LogP contribution in [0.3, 0.4) is 0 Å². The molecule has 126 valence electrons. The summed E-state index contributed by atoms with van der Waals surface area (Å²) in [4.78, 5) is 9.20. The molecule has 6 rings (SSSR count). The summed E-state index contributed by atoms with van der Waals surface area (Å²) in [5.74, 6) is 0. The zero-order valence-electron chi connectivity index (χ0n) is 14.4. The Hall–Kier alpha value is -3.72. The summed E-state index contributed by atoms with van der Waals surface area (Å²) in [6, 6.07) is 24.8. The van der Waals surface area contributed by atoms with E-state index in [1.165, 1.54) is 0 Å². The van der Waals surface area contributed by atoms with Crippen molar-refractivity contribution in [3.8, 4) is 11.1 Å². The van der Waals surface area contributed by atoms with Crippen LogP contribution < -0.4 is 0 Å². The molecular weight excluding hydrogens is 332 g/mol. The van der Waals surface area contributed by atoms with Crippen LogP contribution in [-0.4, -0.2) is 9.97 Å². The highest BCUT2D eigenvalue weighted by Gasteiger charge is 2.12. The summed E-state index contributed by atoms with van der Waals surface area (Å²) in [7, 11) is 0. The summed E-state index contributed by atoms with van der Waals surface area (Å²) >= 11 is 0. The molecule has 0 N–H and O–H groups in total. The molecule has 0 saturated heterocycles. The van der Waals surface area contributed by atoms with E-state index in [-0.39, 0.29) is 0 Å². The second-order valence-electron chi connectivity index (χ2n) is 6.70. The first-order valence-electron chi connectivity index (χ1n) is 8.93. The predicted octanol–water partition coefficient (Wildman–Crippen LogP) is 6.35. The minimum Gasteiger partial charge on any atom is -0.456 e. The molecule has 0 bridgehead atoms. The largest absolute Gasteiger partial charge is 0.456 e. The van der Waals surface area contributed by atoms with Crippen LogP contribution in [-0.2, 0) is 0 Å². The van der Waals surface area contributed by atoms with Gasteiger partial charge in [-0.05, 0) is 53.6 Å². The van der Waals surface area contributed by atoms with Gasteiger partial charge in [-0.1, -0.05) is 30.3 Å². The minimum atomic E-state index is 0.904. The molecule has 3 heterocycles. The van der Waals surface area contributed by atoms with Crippen molar-refractivity contribution >= 4 is 43.7 Å². The van der Waals surface area contributed by atoms with Crippen molar-refractivity contribution < 1.29 is 4.42 Å². The Labute approximate surface area is 154 Å². The Morgan fingerprint density at radius 2 is 1.37 bits per heavy atom. The Morgan fingerprint density at radius 3 is 2.33 bits per heavy atom. The third-order valence-corrected chi connectivity index (χ3v) is 5.16. The van der Waals surface area contributed by atoms with Gasteiger partial charge in [-0.25, -0.2) is 0 Å². The highest BCUT2D eigenvalue weighted by Crippen LogP contribution is 2.36. The third kappa shape index (κ3) is 2.09. The van der Waals surface area contributed by atoms with E-state index in [2.05, 4.69) is 52.4 Å². The van der Waals surface area contributed by atoms with Gasteiger partial charge in [-0.2, -0.15) is 0 Å². The SMILES string of the molecule is c1ccc2c(c1)oc1ccc(-c3cc4ncccc4c4ncccc34)cc12. The second-order valence-corrected chi connectivity index (χ2v) is 6.70. The third-order valence-electron chi connectivity index (χ3n) is 5.16. The van der Waals surface area contributed by atoms with Crippen LogP contribution in [0.5, 0.6) is 0 Å². The van der Waals surface area contributed by atoms with Crippen molar-refractivity contribution in [3.05, 3.63) is 85.2 Å². The van der Waals surface area contributed by atoms with E-state index < -0.39 is 0 Å². The van der Waals surface area contributed by atoms with Crippen molar-refractivity contribution in [1.82, 2.24) is 9.97 Å². The molecule has 0 radical (unpaired) electrons. The second kappa shape index (κ2) is 5.39. The molecule has 3 aromatic carbocycles. The number of rotatable bonds is 1. The number of nitrogens with zero attached hydrogens (tertiary/aromatic N) is 2. The maximum Gasteiger partial charge on any atom is 0.135 e. The van der Waals surface area contributed by atoms with E-state index in [9.17, 15) is 0 Å². The Balaban J connectivity index is 1.72. The topological polar surface area (TPSA) is 38.9 Å². The van der Waals surface area contributed by atoms with E-state index >= 15 is 0 Å². The summed E-state index contributed by atoms with van der Waals surface area (Å²) in [5.41, 5.74) is 6.03. The van der Waals surface area contributed by atoms with Crippen LogP contribution in [0.1, 0.15) is 0 Å². The molecule has 0 unspecified atom stereocenters. The lowest BCUT2D eigenvalue weighted by Gasteiger charge is -2.09. The number of benzene rings is 3. The number of para-hydroxylation sites is 1. The van der Waals surface area contributed by atoms with Gasteiger partial charge in [0.1, 0.15) is 11.2 Å². The van der Waals surface area contributed by atoms with Gasteiger partial charge in [0.15, 0.2) is 0 Å². The van der Waals surface area contributed by atoms with Gasteiger partial charge in [0, 0.05) is 33.9 Å². The summed E-state index contributed by atoms with van der Waals surface area (Å²) in [6.07, 6.45) is 3.67. The highest BCUT2D eigenvalue weighted by atomic mass is 16.3. The standard InChI is InChI=1S/C24H14N2O/c1-2-8-22-16(5-1)20-13-15(9-10-23(20)27-22)19-14-21-18(7-4-11-25-21)24-17(19)6-3-12-26-24/h1-14H. The Kier molecular flexibility index (Phi) is 2.88. The first-order chi connectivity index (χ1) is 13.4. The number of fused-ring (bicyclic) bond motifs is 6. The molecule has 27 heavy (non-hydrogen) atoms. The van der Waals surface area contributed by atoms with Crippen LogP contribution >= 0.6 is 0 Å². The number of pyridine rings is 2. The average Bonchev–Trinajstić information content (AvgIpc) is 3.11. The lowest BCUT2D eigenvalue weighted by Crippen LogP contribution is -1.88. The van der Waals surface area contributed by atoms with Gasteiger partial charge >= 0.3 is 0 Å². The predicted molar refractivity (Wildman–Crippen MR) is 110 cm³/mol. The molecule has 0 atom stereocenters. The van der Waals surface area contributed by atoms with Crippen molar-refractivity contribution in [2.45, 2.75) is 0 Å². The average molecular weight is 346 g/mol. The van der Waals surface area contributed by atoms with Crippen LogP contribution in [0, 0.1) is 0 Å². The van der Waals surface area contributed by atoms with Crippen molar-refractivity contribution in [1.29, 1.82) is 0 Å². The molecule has 0 aliphatic rings. The quantitative estimate of drug-likeness (QED) is 0.326. The van der Waals surface area contributed by atoms with E-state index in [0.29, 0.717) is 0 Å². The number of aromatic nitrogens is 2. The first-order valence-corrected chi connectivity index (χ1v) is 8.93. The van der Waals surface area contributed by atoms with Gasteiger partial charge in [0.2, 0.25) is 0 Å². The van der Waals surface area contributed by atoms with Crippen LogP contribution in [0.25, 0.3) is 54.9 Å². The molecule has 0 aliphatic carbocycles. The first kappa shape index (κ1) is 14.4. The Morgan fingerprint density at radius 1 is 0.593 bits per heavy atom. The highest BCUT2D eigenvalue weighted by molar-refractivity contribution is 6.12. The maximum atomic E-state index is 5.98. The lowest BCUT2D eigenvalue weighted by molar-refractivity contribution is 0.669. The fraction of sp³-hybridized carbons (Fsp3) is 0.